The van der Waals surface area contributed by atoms with E-state index in [0.29, 0.717) is 12.6 Å². The van der Waals surface area contributed by atoms with Crippen LogP contribution in [0.4, 0.5) is 5.69 Å². The van der Waals surface area contributed by atoms with Crippen molar-refractivity contribution in [2.75, 3.05) is 5.32 Å². The summed E-state index contributed by atoms with van der Waals surface area (Å²) in [6.07, 6.45) is 10.4. The minimum atomic E-state index is 0. The van der Waals surface area contributed by atoms with Gasteiger partial charge < -0.3 is 22.3 Å². The summed E-state index contributed by atoms with van der Waals surface area (Å²) in [5.74, 6) is 0.0112. The molecule has 2 aromatic carbocycles. The second-order valence-corrected chi connectivity index (χ2v) is 6.83. The molecule has 1 N–H and O–H groups in total. The summed E-state index contributed by atoms with van der Waals surface area (Å²) in [7, 11) is 0. The van der Waals surface area contributed by atoms with Crippen molar-refractivity contribution in [3.8, 4) is 0 Å². The van der Waals surface area contributed by atoms with E-state index >= 15 is 0 Å². The van der Waals surface area contributed by atoms with Crippen molar-refractivity contribution in [2.45, 2.75) is 44.7 Å². The molecule has 1 saturated carbocycles. The van der Waals surface area contributed by atoms with Crippen LogP contribution in [0.15, 0.2) is 60.9 Å². The number of fused-ring (bicyclic) bond motifs is 1. The molecular weight excluding hydrogens is 390 g/mol. The Labute approximate surface area is 164 Å². The van der Waals surface area contributed by atoms with E-state index in [-0.39, 0.29) is 22.9 Å². The first kappa shape index (κ1) is 18.6. The fourth-order valence-corrected chi connectivity index (χ4v) is 3.87. The largest absolute Gasteiger partial charge is 1.00 e. The Morgan fingerprint density at radius 3 is 2.65 bits per heavy atom. The summed E-state index contributed by atoms with van der Waals surface area (Å²) in [6.45, 7) is 0.340. The molecule has 4 nitrogen and oxygen atoms in total. The fraction of sp³-hybridized carbons (Fsp3) is 0.333. The number of hydrogen-bond acceptors (Lipinski definition) is 1. The van der Waals surface area contributed by atoms with Crippen LogP contribution in [0, 0.1) is 0 Å². The Bertz CT molecular complexity index is 878. The molecule has 0 saturated heterocycles. The molecule has 1 fully saturated rings. The van der Waals surface area contributed by atoms with Gasteiger partial charge in [-0.25, -0.2) is 0 Å². The van der Waals surface area contributed by atoms with Gasteiger partial charge in [-0.05, 0) is 24.3 Å². The molecule has 1 aromatic heterocycles. The van der Waals surface area contributed by atoms with Crippen LogP contribution in [0.25, 0.3) is 10.8 Å². The zero-order chi connectivity index (χ0) is 17.1. The number of benzene rings is 2. The van der Waals surface area contributed by atoms with Crippen LogP contribution in [0.5, 0.6) is 0 Å². The van der Waals surface area contributed by atoms with E-state index in [9.17, 15) is 4.79 Å². The SMILES string of the molecule is O=C(C[n+]1cccn1C1CCCCC1)Nc1cccc2ccccc12.[Br-]. The van der Waals surface area contributed by atoms with E-state index in [1.165, 1.54) is 32.1 Å². The smallest absolute Gasteiger partial charge is 0.292 e. The van der Waals surface area contributed by atoms with Gasteiger partial charge in [-0.1, -0.05) is 55.7 Å². The van der Waals surface area contributed by atoms with E-state index in [1.54, 1.807) is 0 Å². The first-order valence-electron chi connectivity index (χ1n) is 9.15. The summed E-state index contributed by atoms with van der Waals surface area (Å²) in [5.41, 5.74) is 0.875. The normalized spacial score (nSPS) is 14.8. The van der Waals surface area contributed by atoms with Crippen LogP contribution in [0.1, 0.15) is 38.1 Å². The molecule has 0 spiro atoms. The molecule has 1 aliphatic rings. The van der Waals surface area contributed by atoms with Crippen molar-refractivity contribution in [3.63, 3.8) is 0 Å². The van der Waals surface area contributed by atoms with Crippen LogP contribution in [0.3, 0.4) is 0 Å². The van der Waals surface area contributed by atoms with Crippen LogP contribution in [-0.2, 0) is 11.3 Å². The van der Waals surface area contributed by atoms with Crippen molar-refractivity contribution >= 4 is 22.4 Å². The number of anilines is 1. The maximum Gasteiger partial charge on any atom is 0.292 e. The van der Waals surface area contributed by atoms with Gasteiger partial charge in [0.15, 0.2) is 6.20 Å². The number of carbonyl (C=O) groups excluding carboxylic acids is 1. The van der Waals surface area contributed by atoms with Crippen molar-refractivity contribution < 1.29 is 26.5 Å². The van der Waals surface area contributed by atoms with Gasteiger partial charge in [0.2, 0.25) is 6.54 Å². The topological polar surface area (TPSA) is 37.9 Å². The quantitative estimate of drug-likeness (QED) is 0.638. The average Bonchev–Trinajstić information content (AvgIpc) is 3.11. The summed E-state index contributed by atoms with van der Waals surface area (Å²) < 4.78 is 4.28. The zero-order valence-electron chi connectivity index (χ0n) is 14.8. The first-order chi connectivity index (χ1) is 12.3. The molecule has 4 rings (SSSR count). The van der Waals surface area contributed by atoms with Crippen molar-refractivity contribution in [1.82, 2.24) is 4.68 Å². The van der Waals surface area contributed by atoms with E-state index in [0.717, 1.165) is 16.5 Å². The molecular formula is C21H24BrN3O. The molecule has 1 amide bonds. The maximum atomic E-state index is 12.6. The van der Waals surface area contributed by atoms with Crippen LogP contribution in [-0.4, -0.2) is 10.6 Å². The third-order valence-electron chi connectivity index (χ3n) is 5.11. The summed E-state index contributed by atoms with van der Waals surface area (Å²) in [4.78, 5) is 12.6. The van der Waals surface area contributed by atoms with E-state index in [4.69, 9.17) is 0 Å². The molecule has 136 valence electrons. The molecule has 0 radical (unpaired) electrons. The monoisotopic (exact) mass is 413 g/mol. The van der Waals surface area contributed by atoms with Crippen LogP contribution in [0.2, 0.25) is 0 Å². The Balaban J connectivity index is 0.00000196. The highest BCUT2D eigenvalue weighted by atomic mass is 79.9. The number of nitrogens with one attached hydrogen (secondary N) is 1. The molecule has 0 bridgehead atoms. The maximum absolute atomic E-state index is 12.6. The van der Waals surface area contributed by atoms with Gasteiger partial charge in [0.25, 0.3) is 5.91 Å². The second-order valence-electron chi connectivity index (χ2n) is 6.83. The zero-order valence-corrected chi connectivity index (χ0v) is 16.4. The van der Waals surface area contributed by atoms with Crippen molar-refractivity contribution in [2.24, 2.45) is 0 Å². The fourth-order valence-electron chi connectivity index (χ4n) is 3.87. The minimum Gasteiger partial charge on any atom is -1.00 e. The summed E-state index contributed by atoms with van der Waals surface area (Å²) in [5, 5.41) is 5.29. The lowest BCUT2D eigenvalue weighted by Crippen LogP contribution is -3.00. The molecule has 1 heterocycles. The highest BCUT2D eigenvalue weighted by Crippen LogP contribution is 2.27. The predicted molar refractivity (Wildman–Crippen MR) is 99.3 cm³/mol. The highest BCUT2D eigenvalue weighted by Gasteiger charge is 2.23. The predicted octanol–water partition coefficient (Wildman–Crippen LogP) is 1.08. The third kappa shape index (κ3) is 3.98. The Morgan fingerprint density at radius 2 is 1.81 bits per heavy atom. The summed E-state index contributed by atoms with van der Waals surface area (Å²) in [6, 6.07) is 16.7. The molecule has 0 atom stereocenters. The van der Waals surface area contributed by atoms with Gasteiger partial charge in [0, 0.05) is 17.1 Å². The first-order valence-corrected chi connectivity index (χ1v) is 9.15. The molecule has 1 aliphatic carbocycles. The van der Waals surface area contributed by atoms with Gasteiger partial charge >= 0.3 is 0 Å². The Kier molecular flexibility index (Phi) is 6.09. The van der Waals surface area contributed by atoms with Gasteiger partial charge in [-0.3, -0.25) is 4.79 Å². The van der Waals surface area contributed by atoms with Gasteiger partial charge in [-0.2, -0.15) is 4.68 Å². The lowest BCUT2D eigenvalue weighted by molar-refractivity contribution is -0.767. The molecule has 3 aromatic rings. The third-order valence-corrected chi connectivity index (χ3v) is 5.11. The number of nitrogens with zero attached hydrogens (tertiary/aromatic N) is 2. The Morgan fingerprint density at radius 1 is 1.04 bits per heavy atom. The number of halogens is 1. The summed E-state index contributed by atoms with van der Waals surface area (Å²) >= 11 is 0. The van der Waals surface area contributed by atoms with Crippen LogP contribution >= 0.6 is 0 Å². The van der Waals surface area contributed by atoms with Crippen molar-refractivity contribution in [3.05, 3.63) is 60.9 Å². The average molecular weight is 414 g/mol. The molecule has 0 unspecified atom stereocenters. The molecule has 0 aliphatic heterocycles. The van der Waals surface area contributed by atoms with Crippen molar-refractivity contribution in [1.29, 1.82) is 0 Å². The van der Waals surface area contributed by atoms with Gasteiger partial charge in [-0.15, -0.1) is 4.68 Å². The highest BCUT2D eigenvalue weighted by molar-refractivity contribution is 6.01. The van der Waals surface area contributed by atoms with Gasteiger partial charge in [0.1, 0.15) is 0 Å². The molecule has 26 heavy (non-hydrogen) atoms. The van der Waals surface area contributed by atoms with E-state index < -0.39 is 0 Å². The number of amides is 1. The number of hydrogen-bond donors (Lipinski definition) is 1. The standard InChI is InChI=1S/C21H23N3O.BrH/c25-21(22-20-13-6-9-17-8-4-5-12-19(17)20)16-23-14-7-15-24(23)18-10-2-1-3-11-18;/h4-9,12-15,18H,1-3,10-11,16H2;1H. The van der Waals surface area contributed by atoms with Crippen LogP contribution < -0.4 is 27.0 Å². The molecule has 5 heteroatoms. The number of carbonyl (C=O) groups is 1. The van der Waals surface area contributed by atoms with E-state index in [2.05, 4.69) is 28.3 Å². The second kappa shape index (κ2) is 8.49. The lowest BCUT2D eigenvalue weighted by atomic mass is 9.96. The van der Waals surface area contributed by atoms with E-state index in [1.807, 2.05) is 47.3 Å². The number of rotatable bonds is 4. The number of aromatic nitrogens is 2. The van der Waals surface area contributed by atoms with Gasteiger partial charge in [0.05, 0.1) is 12.2 Å². The lowest BCUT2D eigenvalue weighted by Gasteiger charge is -2.20. The minimum absolute atomic E-state index is 0. The Hall–Kier alpha value is -2.14.